The smallest absolute Gasteiger partial charge is 0.257 e. The zero-order valence-corrected chi connectivity index (χ0v) is 12.0. The van der Waals surface area contributed by atoms with Crippen LogP contribution < -0.4 is 0 Å². The molecule has 1 amide bonds. The number of amides is 1. The lowest BCUT2D eigenvalue weighted by molar-refractivity contribution is 0.0754. The molecule has 0 aromatic heterocycles. The maximum atomic E-state index is 13.2. The highest BCUT2D eigenvalue weighted by molar-refractivity contribution is 7.98. The van der Waals surface area contributed by atoms with Crippen LogP contribution in [0.3, 0.4) is 0 Å². The molecular weight excluding hydrogens is 277 g/mol. The molecule has 3 nitrogen and oxygen atoms in total. The molecule has 1 aromatic rings. The Morgan fingerprint density at radius 1 is 1.61 bits per heavy atom. The van der Waals surface area contributed by atoms with Crippen molar-refractivity contribution >= 4 is 29.3 Å². The van der Waals surface area contributed by atoms with Crippen molar-refractivity contribution in [2.24, 2.45) is 0 Å². The first-order chi connectivity index (χ1) is 8.38. The lowest BCUT2D eigenvalue weighted by Gasteiger charge is -2.24. The third-order valence-electron chi connectivity index (χ3n) is 2.65. The average Bonchev–Trinajstić information content (AvgIpc) is 2.32. The van der Waals surface area contributed by atoms with Crippen molar-refractivity contribution in [3.63, 3.8) is 0 Å². The van der Waals surface area contributed by atoms with E-state index in [9.17, 15) is 14.3 Å². The van der Waals surface area contributed by atoms with E-state index >= 15 is 0 Å². The molecular formula is C12H15ClFNO2S. The molecule has 1 rings (SSSR count). The Bertz CT molecular complexity index is 456. The Balaban J connectivity index is 3.04. The lowest BCUT2D eigenvalue weighted by Crippen LogP contribution is -2.36. The Morgan fingerprint density at radius 2 is 2.22 bits per heavy atom. The van der Waals surface area contributed by atoms with Gasteiger partial charge in [0, 0.05) is 18.8 Å². The lowest BCUT2D eigenvalue weighted by atomic mass is 10.1. The molecule has 1 unspecified atom stereocenters. The molecule has 0 heterocycles. The molecule has 0 saturated heterocycles. The van der Waals surface area contributed by atoms with Crippen molar-refractivity contribution < 1.29 is 14.3 Å². The van der Waals surface area contributed by atoms with E-state index in [1.54, 1.807) is 18.8 Å². The Morgan fingerprint density at radius 3 is 2.78 bits per heavy atom. The second kappa shape index (κ2) is 6.29. The molecule has 0 fully saturated rings. The van der Waals surface area contributed by atoms with Crippen LogP contribution in [0.25, 0.3) is 0 Å². The summed E-state index contributed by atoms with van der Waals surface area (Å²) in [5, 5.41) is 9.54. The maximum absolute atomic E-state index is 13.2. The summed E-state index contributed by atoms with van der Waals surface area (Å²) in [6.07, 6.45) is 1.94. The molecule has 0 spiro atoms. The molecule has 0 aliphatic rings. The third kappa shape index (κ3) is 3.29. The van der Waals surface area contributed by atoms with Gasteiger partial charge in [-0.15, -0.1) is 0 Å². The van der Waals surface area contributed by atoms with Crippen LogP contribution in [0.2, 0.25) is 5.02 Å². The minimum absolute atomic E-state index is 0.0195. The van der Waals surface area contributed by atoms with Gasteiger partial charge in [-0.25, -0.2) is 4.39 Å². The zero-order valence-electron chi connectivity index (χ0n) is 10.4. The van der Waals surface area contributed by atoms with E-state index in [0.29, 0.717) is 0 Å². The Hall–Kier alpha value is -0.940. The molecule has 0 aliphatic heterocycles. The van der Waals surface area contributed by atoms with Crippen molar-refractivity contribution in [1.29, 1.82) is 0 Å². The number of rotatable bonds is 4. The average molecular weight is 292 g/mol. The number of nitrogens with zero attached hydrogens (tertiary/aromatic N) is 1. The monoisotopic (exact) mass is 291 g/mol. The van der Waals surface area contributed by atoms with Crippen molar-refractivity contribution in [2.45, 2.75) is 13.0 Å². The summed E-state index contributed by atoms with van der Waals surface area (Å²) in [4.78, 5) is 13.6. The number of hydrogen-bond donors (Lipinski definition) is 1. The van der Waals surface area contributed by atoms with Gasteiger partial charge in [-0.05, 0) is 25.3 Å². The minimum Gasteiger partial charge on any atom is -0.506 e. The van der Waals surface area contributed by atoms with Crippen LogP contribution in [-0.4, -0.2) is 41.0 Å². The molecule has 1 atom stereocenters. The number of carbonyl (C=O) groups is 1. The van der Waals surface area contributed by atoms with Crippen LogP contribution in [0.4, 0.5) is 4.39 Å². The second-order valence-electron chi connectivity index (χ2n) is 4.00. The maximum Gasteiger partial charge on any atom is 0.257 e. The van der Waals surface area contributed by atoms with Gasteiger partial charge in [-0.2, -0.15) is 11.8 Å². The van der Waals surface area contributed by atoms with Crippen LogP contribution in [0.1, 0.15) is 17.3 Å². The number of hydrogen-bond acceptors (Lipinski definition) is 3. The van der Waals surface area contributed by atoms with Crippen LogP contribution in [0.15, 0.2) is 12.1 Å². The molecule has 0 bridgehead atoms. The minimum atomic E-state index is -0.646. The SMILES string of the molecule is CSCC(C)N(C)C(=O)c1cc(F)cc(Cl)c1O. The topological polar surface area (TPSA) is 40.5 Å². The van der Waals surface area contributed by atoms with Crippen molar-refractivity contribution in [1.82, 2.24) is 4.90 Å². The third-order valence-corrected chi connectivity index (χ3v) is 3.75. The van der Waals surface area contributed by atoms with Crippen LogP contribution in [-0.2, 0) is 0 Å². The summed E-state index contributed by atoms with van der Waals surface area (Å²) < 4.78 is 13.2. The Labute approximate surface area is 115 Å². The van der Waals surface area contributed by atoms with Gasteiger partial charge >= 0.3 is 0 Å². The van der Waals surface area contributed by atoms with Gasteiger partial charge in [0.1, 0.15) is 11.6 Å². The summed E-state index contributed by atoms with van der Waals surface area (Å²) in [5.74, 6) is -0.722. The molecule has 0 radical (unpaired) electrons. The van der Waals surface area contributed by atoms with E-state index in [0.717, 1.165) is 17.9 Å². The summed E-state index contributed by atoms with van der Waals surface area (Å²) in [6.45, 7) is 1.88. The highest BCUT2D eigenvalue weighted by atomic mass is 35.5. The first-order valence-corrected chi connectivity index (χ1v) is 7.09. The second-order valence-corrected chi connectivity index (χ2v) is 5.32. The quantitative estimate of drug-likeness (QED) is 0.927. The number of benzene rings is 1. The predicted octanol–water partition coefficient (Wildman–Crippen LogP) is 3.01. The summed E-state index contributed by atoms with van der Waals surface area (Å²) in [6, 6.07) is 1.94. The fourth-order valence-electron chi connectivity index (χ4n) is 1.47. The number of phenolic OH excluding ortho intramolecular Hbond substituents is 1. The van der Waals surface area contributed by atoms with E-state index in [2.05, 4.69) is 0 Å². The van der Waals surface area contributed by atoms with Crippen LogP contribution >= 0.6 is 23.4 Å². The van der Waals surface area contributed by atoms with Gasteiger partial charge in [-0.3, -0.25) is 4.79 Å². The summed E-state index contributed by atoms with van der Waals surface area (Å²) in [5.41, 5.74) is -0.115. The van der Waals surface area contributed by atoms with Gasteiger partial charge in [0.25, 0.3) is 5.91 Å². The normalized spacial score (nSPS) is 12.3. The number of phenols is 1. The van der Waals surface area contributed by atoms with Gasteiger partial charge in [0.2, 0.25) is 0 Å². The van der Waals surface area contributed by atoms with E-state index < -0.39 is 11.7 Å². The number of thioether (sulfide) groups is 1. The predicted molar refractivity (Wildman–Crippen MR) is 73.0 cm³/mol. The van der Waals surface area contributed by atoms with E-state index in [1.165, 1.54) is 4.90 Å². The van der Waals surface area contributed by atoms with Gasteiger partial charge in [0.15, 0.2) is 0 Å². The fourth-order valence-corrected chi connectivity index (χ4v) is 2.38. The first kappa shape index (κ1) is 15.1. The molecule has 1 N–H and O–H groups in total. The molecule has 0 saturated carbocycles. The highest BCUT2D eigenvalue weighted by Gasteiger charge is 2.22. The van der Waals surface area contributed by atoms with E-state index in [-0.39, 0.29) is 22.4 Å². The Kier molecular flexibility index (Phi) is 5.28. The standard InChI is InChI=1S/C12H15ClFNO2S/c1-7(6-18-3)15(2)12(17)9-4-8(14)5-10(13)11(9)16/h4-5,7,16H,6H2,1-3H3. The number of aromatic hydroxyl groups is 1. The van der Waals surface area contributed by atoms with Crippen molar-refractivity contribution in [3.8, 4) is 5.75 Å². The van der Waals surface area contributed by atoms with Gasteiger partial charge < -0.3 is 10.0 Å². The molecule has 0 aliphatic carbocycles. The fraction of sp³-hybridized carbons (Fsp3) is 0.417. The van der Waals surface area contributed by atoms with Crippen molar-refractivity contribution in [2.75, 3.05) is 19.1 Å². The molecule has 18 heavy (non-hydrogen) atoms. The summed E-state index contributed by atoms with van der Waals surface area (Å²) in [7, 11) is 1.61. The number of carbonyl (C=O) groups excluding carboxylic acids is 1. The van der Waals surface area contributed by atoms with Gasteiger partial charge in [0.05, 0.1) is 10.6 Å². The van der Waals surface area contributed by atoms with Crippen LogP contribution in [0.5, 0.6) is 5.75 Å². The first-order valence-electron chi connectivity index (χ1n) is 5.32. The molecule has 100 valence electrons. The van der Waals surface area contributed by atoms with Crippen LogP contribution in [0, 0.1) is 5.82 Å². The van der Waals surface area contributed by atoms with Gasteiger partial charge in [-0.1, -0.05) is 11.6 Å². The number of halogens is 2. The molecule has 6 heteroatoms. The van der Waals surface area contributed by atoms with Crippen molar-refractivity contribution in [3.05, 3.63) is 28.5 Å². The largest absolute Gasteiger partial charge is 0.506 e. The van der Waals surface area contributed by atoms with E-state index in [4.69, 9.17) is 11.6 Å². The van der Waals surface area contributed by atoms with E-state index in [1.807, 2.05) is 13.2 Å². The highest BCUT2D eigenvalue weighted by Crippen LogP contribution is 2.29. The zero-order chi connectivity index (χ0) is 13.9. The molecule has 1 aromatic carbocycles. The summed E-state index contributed by atoms with van der Waals surface area (Å²) >= 11 is 7.25.